The third-order valence-corrected chi connectivity index (χ3v) is 3.11. The molecule has 2 amide bonds. The second kappa shape index (κ2) is 5.70. The first-order chi connectivity index (χ1) is 9.47. The molecule has 0 radical (unpaired) electrons. The molecule has 7 nitrogen and oxygen atoms in total. The van der Waals surface area contributed by atoms with Crippen molar-refractivity contribution in [1.82, 2.24) is 10.6 Å². The van der Waals surface area contributed by atoms with Gasteiger partial charge < -0.3 is 21.5 Å². The number of fused-ring (bicyclic) bond motifs is 1. The van der Waals surface area contributed by atoms with E-state index in [0.29, 0.717) is 12.1 Å². The number of aliphatic carboxylic acids is 1. The largest absolute Gasteiger partial charge is 0.480 e. The Bertz CT molecular complexity index is 571. The highest BCUT2D eigenvalue weighted by molar-refractivity contribution is 5.97. The van der Waals surface area contributed by atoms with E-state index in [-0.39, 0.29) is 0 Å². The lowest BCUT2D eigenvalue weighted by Gasteiger charge is -2.13. The SMILES string of the molecule is NC(=O)C[C@H](NC(=O)c1ccc2c(c1)CNC2)C(=O)O. The molecule has 0 unspecified atom stereocenters. The number of amides is 2. The van der Waals surface area contributed by atoms with E-state index in [4.69, 9.17) is 10.8 Å². The summed E-state index contributed by atoms with van der Waals surface area (Å²) in [6.45, 7) is 1.44. The van der Waals surface area contributed by atoms with Crippen molar-refractivity contribution >= 4 is 17.8 Å². The van der Waals surface area contributed by atoms with E-state index in [1.165, 1.54) is 0 Å². The predicted molar refractivity (Wildman–Crippen MR) is 69.7 cm³/mol. The molecule has 7 heteroatoms. The number of carboxylic acid groups (broad SMARTS) is 1. The minimum absolute atomic E-state index is 0.364. The summed E-state index contributed by atoms with van der Waals surface area (Å²) in [5.74, 6) is -2.61. The van der Waals surface area contributed by atoms with Crippen molar-refractivity contribution in [3.05, 3.63) is 34.9 Å². The highest BCUT2D eigenvalue weighted by Gasteiger charge is 2.23. The molecule has 1 atom stereocenters. The van der Waals surface area contributed by atoms with Gasteiger partial charge in [-0.1, -0.05) is 6.07 Å². The molecule has 1 heterocycles. The Morgan fingerprint density at radius 1 is 1.30 bits per heavy atom. The Labute approximate surface area is 115 Å². The zero-order valence-corrected chi connectivity index (χ0v) is 10.7. The van der Waals surface area contributed by atoms with Crippen molar-refractivity contribution in [3.8, 4) is 0 Å². The van der Waals surface area contributed by atoms with Crippen LogP contribution in [0.4, 0.5) is 0 Å². The average Bonchev–Trinajstić information content (AvgIpc) is 2.84. The number of primary amides is 1. The molecule has 1 aromatic carbocycles. The maximum Gasteiger partial charge on any atom is 0.326 e. The monoisotopic (exact) mass is 277 g/mol. The molecular formula is C13H15N3O4. The number of carbonyl (C=O) groups excluding carboxylic acids is 2. The Morgan fingerprint density at radius 3 is 2.65 bits per heavy atom. The summed E-state index contributed by atoms with van der Waals surface area (Å²) < 4.78 is 0. The molecule has 20 heavy (non-hydrogen) atoms. The highest BCUT2D eigenvalue weighted by Crippen LogP contribution is 2.17. The molecule has 0 fully saturated rings. The quantitative estimate of drug-likeness (QED) is 0.569. The topological polar surface area (TPSA) is 122 Å². The number of hydrogen-bond acceptors (Lipinski definition) is 4. The van der Waals surface area contributed by atoms with Crippen molar-refractivity contribution in [2.75, 3.05) is 0 Å². The predicted octanol–water partition coefficient (Wildman–Crippen LogP) is -0.652. The lowest BCUT2D eigenvalue weighted by molar-refractivity contribution is -0.140. The van der Waals surface area contributed by atoms with Crippen LogP contribution in [0.25, 0.3) is 0 Å². The van der Waals surface area contributed by atoms with Crippen LogP contribution in [0, 0.1) is 0 Å². The van der Waals surface area contributed by atoms with Crippen molar-refractivity contribution in [1.29, 1.82) is 0 Å². The minimum atomic E-state index is -1.31. The summed E-state index contributed by atoms with van der Waals surface area (Å²) >= 11 is 0. The number of carboxylic acids is 1. The fourth-order valence-corrected chi connectivity index (χ4v) is 2.08. The lowest BCUT2D eigenvalue weighted by atomic mass is 10.1. The molecule has 0 saturated heterocycles. The van der Waals surface area contributed by atoms with E-state index < -0.39 is 30.2 Å². The van der Waals surface area contributed by atoms with Crippen LogP contribution in [0.2, 0.25) is 0 Å². The summed E-state index contributed by atoms with van der Waals surface area (Å²) in [5, 5.41) is 14.4. The first kappa shape index (κ1) is 14.0. The van der Waals surface area contributed by atoms with Crippen LogP contribution in [0.1, 0.15) is 27.9 Å². The van der Waals surface area contributed by atoms with Crippen LogP contribution in [0.15, 0.2) is 18.2 Å². The minimum Gasteiger partial charge on any atom is -0.480 e. The molecule has 2 rings (SSSR count). The van der Waals surface area contributed by atoms with Gasteiger partial charge in [-0.05, 0) is 23.3 Å². The number of carbonyl (C=O) groups is 3. The standard InChI is InChI=1S/C13H15N3O4/c14-11(17)4-10(13(19)20)16-12(18)7-1-2-8-5-15-6-9(8)3-7/h1-3,10,15H,4-6H2,(H2,14,17)(H,16,18)(H,19,20)/t10-/m0/s1. The van der Waals surface area contributed by atoms with E-state index >= 15 is 0 Å². The zero-order valence-electron chi connectivity index (χ0n) is 10.7. The molecule has 1 aliphatic heterocycles. The van der Waals surface area contributed by atoms with Gasteiger partial charge in [-0.3, -0.25) is 9.59 Å². The normalized spacial score (nSPS) is 14.4. The zero-order chi connectivity index (χ0) is 14.7. The van der Waals surface area contributed by atoms with Crippen LogP contribution < -0.4 is 16.4 Å². The molecule has 0 aliphatic carbocycles. The first-order valence-corrected chi connectivity index (χ1v) is 6.12. The summed E-state index contributed by atoms with van der Waals surface area (Å²) in [7, 11) is 0. The third kappa shape index (κ3) is 3.12. The number of nitrogens with two attached hydrogens (primary N) is 1. The van der Waals surface area contributed by atoms with E-state index in [2.05, 4.69) is 10.6 Å². The summed E-state index contributed by atoms with van der Waals surface area (Å²) in [5.41, 5.74) is 7.45. The van der Waals surface area contributed by atoms with Gasteiger partial charge in [0.15, 0.2) is 0 Å². The van der Waals surface area contributed by atoms with E-state index in [1.54, 1.807) is 12.1 Å². The smallest absolute Gasteiger partial charge is 0.326 e. The van der Waals surface area contributed by atoms with Crippen molar-refractivity contribution in [3.63, 3.8) is 0 Å². The number of benzene rings is 1. The van der Waals surface area contributed by atoms with E-state index in [0.717, 1.165) is 17.7 Å². The van der Waals surface area contributed by atoms with Gasteiger partial charge in [0.1, 0.15) is 6.04 Å². The Hall–Kier alpha value is -2.41. The molecular weight excluding hydrogens is 262 g/mol. The molecule has 106 valence electrons. The van der Waals surface area contributed by atoms with Crippen LogP contribution >= 0.6 is 0 Å². The number of hydrogen-bond donors (Lipinski definition) is 4. The number of nitrogens with one attached hydrogen (secondary N) is 2. The molecule has 0 aromatic heterocycles. The fraction of sp³-hybridized carbons (Fsp3) is 0.308. The average molecular weight is 277 g/mol. The van der Waals surface area contributed by atoms with Gasteiger partial charge in [0.2, 0.25) is 5.91 Å². The van der Waals surface area contributed by atoms with Gasteiger partial charge in [0, 0.05) is 18.7 Å². The third-order valence-electron chi connectivity index (χ3n) is 3.11. The van der Waals surface area contributed by atoms with Gasteiger partial charge in [0.25, 0.3) is 5.91 Å². The molecule has 1 aliphatic rings. The summed E-state index contributed by atoms with van der Waals surface area (Å²) in [4.78, 5) is 33.7. The van der Waals surface area contributed by atoms with Crippen LogP contribution in [0.3, 0.4) is 0 Å². The maximum atomic E-state index is 12.0. The molecule has 0 spiro atoms. The van der Waals surface area contributed by atoms with Gasteiger partial charge in [-0.15, -0.1) is 0 Å². The van der Waals surface area contributed by atoms with Crippen molar-refractivity contribution in [2.45, 2.75) is 25.6 Å². The maximum absolute atomic E-state index is 12.0. The second-order valence-electron chi connectivity index (χ2n) is 4.62. The second-order valence-corrected chi connectivity index (χ2v) is 4.62. The van der Waals surface area contributed by atoms with Gasteiger partial charge in [-0.25, -0.2) is 4.79 Å². The Kier molecular flexibility index (Phi) is 3.99. The first-order valence-electron chi connectivity index (χ1n) is 6.12. The van der Waals surface area contributed by atoms with Crippen LogP contribution in [-0.2, 0) is 22.7 Å². The van der Waals surface area contributed by atoms with Crippen LogP contribution in [0.5, 0.6) is 0 Å². The Balaban J connectivity index is 2.10. The van der Waals surface area contributed by atoms with Crippen LogP contribution in [-0.4, -0.2) is 28.9 Å². The van der Waals surface area contributed by atoms with E-state index in [1.807, 2.05) is 6.07 Å². The van der Waals surface area contributed by atoms with Gasteiger partial charge in [0.05, 0.1) is 6.42 Å². The van der Waals surface area contributed by atoms with Gasteiger partial charge in [-0.2, -0.15) is 0 Å². The fourth-order valence-electron chi connectivity index (χ4n) is 2.08. The van der Waals surface area contributed by atoms with E-state index in [9.17, 15) is 14.4 Å². The number of rotatable bonds is 5. The van der Waals surface area contributed by atoms with Gasteiger partial charge >= 0.3 is 5.97 Å². The summed E-state index contributed by atoms with van der Waals surface area (Å²) in [6, 6.07) is 3.86. The molecule has 0 saturated carbocycles. The lowest BCUT2D eigenvalue weighted by Crippen LogP contribution is -2.43. The Morgan fingerprint density at radius 2 is 2.00 bits per heavy atom. The molecule has 1 aromatic rings. The van der Waals surface area contributed by atoms with Crippen molar-refractivity contribution in [2.24, 2.45) is 5.73 Å². The van der Waals surface area contributed by atoms with Crippen molar-refractivity contribution < 1.29 is 19.5 Å². The molecule has 0 bridgehead atoms. The highest BCUT2D eigenvalue weighted by atomic mass is 16.4. The summed E-state index contributed by atoms with van der Waals surface area (Å²) in [6.07, 6.45) is -0.437. The molecule has 5 N–H and O–H groups in total.